The van der Waals surface area contributed by atoms with Crippen molar-refractivity contribution in [2.24, 2.45) is 5.92 Å². The Kier molecular flexibility index (Phi) is 7.02. The van der Waals surface area contributed by atoms with Gasteiger partial charge in [0.25, 0.3) is 0 Å². The standard InChI is InChI=1S/C21H28N2O2/c1-15(2)20(18-8-6-5-7-9-18)23-16(3)21(24)22-14-17-10-12-19(25-4)13-11-17/h5-13,15-16,20,23H,14H2,1-4H3,(H,22,24)/t16-,20+/m0/s1. The molecule has 134 valence electrons. The second-order valence-corrected chi connectivity index (χ2v) is 6.59. The number of hydrogen-bond donors (Lipinski definition) is 2. The largest absolute Gasteiger partial charge is 0.497 e. The maximum atomic E-state index is 12.4. The molecular weight excluding hydrogens is 312 g/mol. The first-order valence-electron chi connectivity index (χ1n) is 8.73. The van der Waals surface area contributed by atoms with Crippen LogP contribution in [0, 0.1) is 5.92 Å². The number of benzene rings is 2. The average molecular weight is 340 g/mol. The molecule has 0 fully saturated rings. The minimum Gasteiger partial charge on any atom is -0.497 e. The van der Waals surface area contributed by atoms with E-state index in [1.54, 1.807) is 7.11 Å². The monoisotopic (exact) mass is 340 g/mol. The molecule has 0 aliphatic heterocycles. The van der Waals surface area contributed by atoms with Crippen LogP contribution in [0.25, 0.3) is 0 Å². The lowest BCUT2D eigenvalue weighted by atomic mass is 9.95. The highest BCUT2D eigenvalue weighted by Gasteiger charge is 2.21. The van der Waals surface area contributed by atoms with E-state index in [1.807, 2.05) is 49.4 Å². The second kappa shape index (κ2) is 9.23. The van der Waals surface area contributed by atoms with Crippen molar-refractivity contribution < 1.29 is 9.53 Å². The molecule has 0 heterocycles. The molecule has 0 spiro atoms. The zero-order valence-electron chi connectivity index (χ0n) is 15.5. The van der Waals surface area contributed by atoms with Crippen LogP contribution >= 0.6 is 0 Å². The van der Waals surface area contributed by atoms with E-state index in [2.05, 4.69) is 36.6 Å². The number of ether oxygens (including phenoxy) is 1. The summed E-state index contributed by atoms with van der Waals surface area (Å²) in [5.41, 5.74) is 2.25. The molecule has 0 aliphatic rings. The SMILES string of the molecule is COc1ccc(CNC(=O)[C@H](C)N[C@@H](c2ccccc2)C(C)C)cc1. The molecule has 0 bridgehead atoms. The Hall–Kier alpha value is -2.33. The molecule has 0 saturated carbocycles. The van der Waals surface area contributed by atoms with Crippen LogP contribution in [0.5, 0.6) is 5.75 Å². The van der Waals surface area contributed by atoms with E-state index in [0.717, 1.165) is 11.3 Å². The third kappa shape index (κ3) is 5.61. The van der Waals surface area contributed by atoms with E-state index in [9.17, 15) is 4.79 Å². The summed E-state index contributed by atoms with van der Waals surface area (Å²) in [6.07, 6.45) is 0. The lowest BCUT2D eigenvalue weighted by molar-refractivity contribution is -0.123. The van der Waals surface area contributed by atoms with E-state index in [0.29, 0.717) is 12.5 Å². The molecule has 2 N–H and O–H groups in total. The summed E-state index contributed by atoms with van der Waals surface area (Å²) in [4.78, 5) is 12.4. The number of methoxy groups -OCH3 is 1. The van der Waals surface area contributed by atoms with Crippen LogP contribution in [-0.4, -0.2) is 19.1 Å². The molecule has 0 saturated heterocycles. The van der Waals surface area contributed by atoms with Gasteiger partial charge in [0, 0.05) is 12.6 Å². The van der Waals surface area contributed by atoms with Gasteiger partial charge in [-0.3, -0.25) is 10.1 Å². The molecule has 2 atom stereocenters. The Labute approximate surface area is 150 Å². The fourth-order valence-electron chi connectivity index (χ4n) is 2.76. The van der Waals surface area contributed by atoms with Gasteiger partial charge in [-0.15, -0.1) is 0 Å². The zero-order chi connectivity index (χ0) is 18.2. The molecule has 0 unspecified atom stereocenters. The van der Waals surface area contributed by atoms with Gasteiger partial charge in [0.15, 0.2) is 0 Å². The molecule has 0 aromatic heterocycles. The van der Waals surface area contributed by atoms with Crippen molar-refractivity contribution in [2.75, 3.05) is 7.11 Å². The third-order valence-corrected chi connectivity index (χ3v) is 4.27. The maximum Gasteiger partial charge on any atom is 0.237 e. The summed E-state index contributed by atoms with van der Waals surface area (Å²) in [5, 5.41) is 6.44. The molecule has 2 aromatic carbocycles. The smallest absolute Gasteiger partial charge is 0.237 e. The van der Waals surface area contributed by atoms with Crippen LogP contribution in [0.2, 0.25) is 0 Å². The van der Waals surface area contributed by atoms with Gasteiger partial charge >= 0.3 is 0 Å². The molecule has 0 radical (unpaired) electrons. The Morgan fingerprint density at radius 1 is 1.00 bits per heavy atom. The van der Waals surface area contributed by atoms with Crippen LogP contribution in [0.3, 0.4) is 0 Å². The van der Waals surface area contributed by atoms with E-state index in [1.165, 1.54) is 5.56 Å². The van der Waals surface area contributed by atoms with Gasteiger partial charge in [-0.05, 0) is 36.1 Å². The van der Waals surface area contributed by atoms with Crippen molar-refractivity contribution in [1.29, 1.82) is 0 Å². The van der Waals surface area contributed by atoms with Gasteiger partial charge in [-0.1, -0.05) is 56.3 Å². The van der Waals surface area contributed by atoms with Gasteiger partial charge < -0.3 is 10.1 Å². The number of carbonyl (C=O) groups excluding carboxylic acids is 1. The molecule has 4 nitrogen and oxygen atoms in total. The third-order valence-electron chi connectivity index (χ3n) is 4.27. The number of amides is 1. The fourth-order valence-corrected chi connectivity index (χ4v) is 2.76. The van der Waals surface area contributed by atoms with Crippen molar-refractivity contribution in [1.82, 2.24) is 10.6 Å². The van der Waals surface area contributed by atoms with Crippen LogP contribution in [-0.2, 0) is 11.3 Å². The molecule has 25 heavy (non-hydrogen) atoms. The van der Waals surface area contributed by atoms with Gasteiger partial charge in [0.2, 0.25) is 5.91 Å². The number of carbonyl (C=O) groups is 1. The molecule has 4 heteroatoms. The number of hydrogen-bond acceptors (Lipinski definition) is 3. The van der Waals surface area contributed by atoms with Crippen LogP contribution < -0.4 is 15.4 Å². The van der Waals surface area contributed by atoms with E-state index in [-0.39, 0.29) is 18.0 Å². The highest BCUT2D eigenvalue weighted by molar-refractivity contribution is 5.81. The quantitative estimate of drug-likeness (QED) is 0.770. The Balaban J connectivity index is 1.91. The van der Waals surface area contributed by atoms with Crippen molar-refractivity contribution in [3.8, 4) is 5.75 Å². The summed E-state index contributed by atoms with van der Waals surface area (Å²) in [7, 11) is 1.64. The van der Waals surface area contributed by atoms with E-state index >= 15 is 0 Å². The van der Waals surface area contributed by atoms with E-state index < -0.39 is 0 Å². The number of nitrogens with one attached hydrogen (secondary N) is 2. The van der Waals surface area contributed by atoms with Crippen molar-refractivity contribution in [3.63, 3.8) is 0 Å². The fraction of sp³-hybridized carbons (Fsp3) is 0.381. The normalized spacial score (nSPS) is 13.3. The zero-order valence-corrected chi connectivity index (χ0v) is 15.5. The molecule has 1 amide bonds. The van der Waals surface area contributed by atoms with Gasteiger partial charge in [0.1, 0.15) is 5.75 Å². The van der Waals surface area contributed by atoms with E-state index in [4.69, 9.17) is 4.74 Å². The van der Waals surface area contributed by atoms with Crippen molar-refractivity contribution >= 4 is 5.91 Å². The summed E-state index contributed by atoms with van der Waals surface area (Å²) in [5.74, 6) is 1.20. The summed E-state index contributed by atoms with van der Waals surface area (Å²) >= 11 is 0. The van der Waals surface area contributed by atoms with Gasteiger partial charge in [-0.2, -0.15) is 0 Å². The number of rotatable bonds is 8. The van der Waals surface area contributed by atoms with Crippen molar-refractivity contribution in [2.45, 2.75) is 39.4 Å². The Morgan fingerprint density at radius 2 is 1.64 bits per heavy atom. The summed E-state index contributed by atoms with van der Waals surface area (Å²) in [6.45, 7) is 6.73. The predicted molar refractivity (Wildman–Crippen MR) is 101 cm³/mol. The minimum atomic E-state index is -0.272. The van der Waals surface area contributed by atoms with Crippen molar-refractivity contribution in [3.05, 3.63) is 65.7 Å². The first-order valence-corrected chi connectivity index (χ1v) is 8.73. The highest BCUT2D eigenvalue weighted by atomic mass is 16.5. The maximum absolute atomic E-state index is 12.4. The first kappa shape index (κ1) is 19.0. The molecular formula is C21H28N2O2. The lowest BCUT2D eigenvalue weighted by Gasteiger charge is -2.26. The second-order valence-electron chi connectivity index (χ2n) is 6.59. The highest BCUT2D eigenvalue weighted by Crippen LogP contribution is 2.22. The Morgan fingerprint density at radius 3 is 2.20 bits per heavy atom. The topological polar surface area (TPSA) is 50.4 Å². The lowest BCUT2D eigenvalue weighted by Crippen LogP contribution is -2.44. The molecule has 2 aromatic rings. The molecule has 0 aliphatic carbocycles. The van der Waals surface area contributed by atoms with Crippen LogP contribution in [0.1, 0.15) is 37.9 Å². The average Bonchev–Trinajstić information content (AvgIpc) is 2.64. The predicted octanol–water partition coefficient (Wildman–Crippen LogP) is 3.69. The van der Waals surface area contributed by atoms with Crippen LogP contribution in [0.15, 0.2) is 54.6 Å². The summed E-state index contributed by atoms with van der Waals surface area (Å²) in [6, 6.07) is 17.8. The Bertz CT molecular complexity index is 653. The summed E-state index contributed by atoms with van der Waals surface area (Å²) < 4.78 is 5.14. The van der Waals surface area contributed by atoms with Gasteiger partial charge in [-0.25, -0.2) is 0 Å². The molecule has 2 rings (SSSR count). The first-order chi connectivity index (χ1) is 12.0. The van der Waals surface area contributed by atoms with Crippen LogP contribution in [0.4, 0.5) is 0 Å². The van der Waals surface area contributed by atoms with Gasteiger partial charge in [0.05, 0.1) is 13.2 Å². The minimum absolute atomic E-state index is 0.00241.